The number of hydrogen-bond donors (Lipinski definition) is 1. The van der Waals surface area contributed by atoms with Crippen molar-refractivity contribution in [1.29, 1.82) is 0 Å². The van der Waals surface area contributed by atoms with Crippen molar-refractivity contribution in [3.8, 4) is 0 Å². The maximum atomic E-state index is 13.3. The smallest absolute Gasteiger partial charge is 0.407 e. The number of carbonyl (C=O) groups excluding carboxylic acids is 2. The van der Waals surface area contributed by atoms with Crippen LogP contribution in [0.2, 0.25) is 0 Å². The van der Waals surface area contributed by atoms with Gasteiger partial charge in [0.1, 0.15) is 0 Å². The number of aryl methyl sites for hydroxylation is 1. The first kappa shape index (κ1) is 21.1. The number of benzene rings is 1. The van der Waals surface area contributed by atoms with Crippen molar-refractivity contribution in [2.24, 2.45) is 5.92 Å². The predicted molar refractivity (Wildman–Crippen MR) is 111 cm³/mol. The average molecular weight is 436 g/mol. The van der Waals surface area contributed by atoms with Crippen molar-refractivity contribution >= 4 is 22.0 Å². The Bertz CT molecular complexity index is 948. The lowest BCUT2D eigenvalue weighted by atomic mass is 9.91. The number of carbonyl (C=O) groups is 2. The van der Waals surface area contributed by atoms with Gasteiger partial charge in [0, 0.05) is 37.2 Å². The van der Waals surface area contributed by atoms with E-state index in [4.69, 9.17) is 4.74 Å². The number of alkyl carbamates (subject to hydrolysis) is 1. The summed E-state index contributed by atoms with van der Waals surface area (Å²) in [6.45, 7) is 5.59. The molecule has 0 saturated carbocycles. The Morgan fingerprint density at radius 1 is 1.20 bits per heavy atom. The molecule has 0 unspecified atom stereocenters. The van der Waals surface area contributed by atoms with Crippen LogP contribution in [0.3, 0.4) is 0 Å². The number of rotatable bonds is 3. The van der Waals surface area contributed by atoms with Crippen molar-refractivity contribution in [3.05, 3.63) is 29.3 Å². The van der Waals surface area contributed by atoms with E-state index in [0.29, 0.717) is 31.8 Å². The number of hydrogen-bond acceptors (Lipinski definition) is 5. The molecule has 8 nitrogen and oxygen atoms in total. The summed E-state index contributed by atoms with van der Waals surface area (Å²) < 4.78 is 33.0. The molecule has 3 saturated heterocycles. The SMILES string of the molecule is Cc1ccc(S(=O)(=O)N2CCCC[C@@H]2C)cc1C(=O)N1CC[C@@H]2COC(=O)N[C@H]2C1. The Morgan fingerprint density at radius 2 is 2.00 bits per heavy atom. The Balaban J connectivity index is 1.57. The molecule has 3 fully saturated rings. The Morgan fingerprint density at radius 3 is 2.77 bits per heavy atom. The van der Waals surface area contributed by atoms with Crippen molar-refractivity contribution in [2.75, 3.05) is 26.2 Å². The van der Waals surface area contributed by atoms with Crippen LogP contribution < -0.4 is 5.32 Å². The highest BCUT2D eigenvalue weighted by Gasteiger charge is 2.37. The topological polar surface area (TPSA) is 96.0 Å². The first-order valence-electron chi connectivity index (χ1n) is 10.6. The first-order chi connectivity index (χ1) is 14.3. The molecular formula is C21H29N3O5S. The van der Waals surface area contributed by atoms with Crippen molar-refractivity contribution in [2.45, 2.75) is 56.5 Å². The van der Waals surface area contributed by atoms with Gasteiger partial charge in [-0.05, 0) is 50.8 Å². The molecular weight excluding hydrogens is 406 g/mol. The summed E-state index contributed by atoms with van der Waals surface area (Å²) in [6.07, 6.45) is 3.02. The molecule has 1 aromatic rings. The lowest BCUT2D eigenvalue weighted by molar-refractivity contribution is 0.0336. The second kappa shape index (κ2) is 8.19. The van der Waals surface area contributed by atoms with Crippen LogP contribution in [0.15, 0.2) is 23.1 Å². The molecule has 1 N–H and O–H groups in total. The fourth-order valence-electron chi connectivity index (χ4n) is 4.65. The summed E-state index contributed by atoms with van der Waals surface area (Å²) in [7, 11) is -3.65. The van der Waals surface area contributed by atoms with Gasteiger partial charge >= 0.3 is 6.09 Å². The number of ether oxygens (including phenoxy) is 1. The lowest BCUT2D eigenvalue weighted by Gasteiger charge is -2.41. The molecule has 9 heteroatoms. The first-order valence-corrected chi connectivity index (χ1v) is 12.1. The maximum Gasteiger partial charge on any atom is 0.407 e. The molecule has 3 atom stereocenters. The fourth-order valence-corrected chi connectivity index (χ4v) is 6.38. The number of fused-ring (bicyclic) bond motifs is 1. The quantitative estimate of drug-likeness (QED) is 0.785. The molecule has 1 aromatic carbocycles. The summed E-state index contributed by atoms with van der Waals surface area (Å²) in [5.74, 6) is -0.00409. The second-order valence-electron chi connectivity index (χ2n) is 8.59. The number of amides is 2. The van der Waals surface area contributed by atoms with Gasteiger partial charge in [-0.3, -0.25) is 4.79 Å². The fraction of sp³-hybridized carbons (Fsp3) is 0.619. The van der Waals surface area contributed by atoms with Crippen molar-refractivity contribution in [1.82, 2.24) is 14.5 Å². The molecule has 0 aromatic heterocycles. The minimum Gasteiger partial charge on any atom is -0.449 e. The van der Waals surface area contributed by atoms with E-state index in [1.807, 2.05) is 13.8 Å². The van der Waals surface area contributed by atoms with E-state index in [9.17, 15) is 18.0 Å². The van der Waals surface area contributed by atoms with Crippen LogP contribution in [0.1, 0.15) is 48.5 Å². The van der Waals surface area contributed by atoms with Gasteiger partial charge in [0.05, 0.1) is 17.5 Å². The number of nitrogens with zero attached hydrogens (tertiary/aromatic N) is 2. The van der Waals surface area contributed by atoms with Crippen LogP contribution in [0.25, 0.3) is 0 Å². The van der Waals surface area contributed by atoms with E-state index in [1.165, 1.54) is 6.07 Å². The molecule has 0 bridgehead atoms. The van der Waals surface area contributed by atoms with E-state index in [-0.39, 0.29) is 28.8 Å². The number of likely N-dealkylation sites (tertiary alicyclic amines) is 1. The van der Waals surface area contributed by atoms with E-state index in [2.05, 4.69) is 5.32 Å². The Labute approximate surface area is 177 Å². The van der Waals surface area contributed by atoms with Crippen molar-refractivity contribution in [3.63, 3.8) is 0 Å². The third kappa shape index (κ3) is 3.92. The van der Waals surface area contributed by atoms with Crippen LogP contribution in [-0.4, -0.2) is 67.9 Å². The maximum absolute atomic E-state index is 13.3. The van der Waals surface area contributed by atoms with Gasteiger partial charge in [0.15, 0.2) is 0 Å². The van der Waals surface area contributed by atoms with Crippen LogP contribution in [0.4, 0.5) is 4.79 Å². The average Bonchev–Trinajstić information content (AvgIpc) is 2.73. The molecule has 3 heterocycles. The van der Waals surface area contributed by atoms with Crippen LogP contribution >= 0.6 is 0 Å². The highest BCUT2D eigenvalue weighted by molar-refractivity contribution is 7.89. The standard InChI is InChI=1S/C21H29N3O5S/c1-14-6-7-17(30(27,28)24-9-4-3-5-15(24)2)11-18(14)20(25)23-10-8-16-13-29-21(26)22-19(16)12-23/h6-7,11,15-16,19H,3-5,8-10,12-13H2,1-2H3,(H,22,26)/t15-,16+,19-/m0/s1. The van der Waals surface area contributed by atoms with Crippen molar-refractivity contribution < 1.29 is 22.7 Å². The van der Waals surface area contributed by atoms with Gasteiger partial charge in [-0.2, -0.15) is 4.31 Å². The van der Waals surface area contributed by atoms with E-state index < -0.39 is 16.1 Å². The second-order valence-corrected chi connectivity index (χ2v) is 10.5. The van der Waals surface area contributed by atoms with Gasteiger partial charge in [-0.25, -0.2) is 13.2 Å². The number of cyclic esters (lactones) is 1. The minimum absolute atomic E-state index is 0.0413. The van der Waals surface area contributed by atoms with Gasteiger partial charge in [-0.1, -0.05) is 12.5 Å². The summed E-state index contributed by atoms with van der Waals surface area (Å²) in [5, 5.41) is 2.80. The molecule has 2 amide bonds. The lowest BCUT2D eigenvalue weighted by Crippen LogP contribution is -2.58. The predicted octanol–water partition coefficient (Wildman–Crippen LogP) is 2.13. The van der Waals surface area contributed by atoms with Gasteiger partial charge < -0.3 is 15.0 Å². The minimum atomic E-state index is -3.65. The third-order valence-corrected chi connectivity index (χ3v) is 8.57. The normalized spacial score (nSPS) is 27.7. The largest absolute Gasteiger partial charge is 0.449 e. The molecule has 3 aliphatic rings. The number of piperidine rings is 2. The molecule has 3 aliphatic heterocycles. The van der Waals surface area contributed by atoms with Gasteiger partial charge in [0.2, 0.25) is 10.0 Å². The number of sulfonamides is 1. The molecule has 0 radical (unpaired) electrons. The zero-order valence-electron chi connectivity index (χ0n) is 17.5. The summed E-state index contributed by atoms with van der Waals surface area (Å²) in [6, 6.07) is 4.64. The highest BCUT2D eigenvalue weighted by atomic mass is 32.2. The van der Waals surface area contributed by atoms with E-state index >= 15 is 0 Å². The van der Waals surface area contributed by atoms with Gasteiger partial charge in [0.25, 0.3) is 5.91 Å². The van der Waals surface area contributed by atoms with E-state index in [1.54, 1.807) is 21.3 Å². The molecule has 164 valence electrons. The van der Waals surface area contributed by atoms with Crippen LogP contribution in [-0.2, 0) is 14.8 Å². The highest BCUT2D eigenvalue weighted by Crippen LogP contribution is 2.28. The van der Waals surface area contributed by atoms with Gasteiger partial charge in [-0.15, -0.1) is 0 Å². The zero-order chi connectivity index (χ0) is 21.5. The molecule has 30 heavy (non-hydrogen) atoms. The summed E-state index contributed by atoms with van der Waals surface area (Å²) in [5.41, 5.74) is 1.14. The number of nitrogens with one attached hydrogen (secondary N) is 1. The monoisotopic (exact) mass is 435 g/mol. The van der Waals surface area contributed by atoms with E-state index in [0.717, 1.165) is 31.2 Å². The zero-order valence-corrected chi connectivity index (χ0v) is 18.3. The summed E-state index contributed by atoms with van der Waals surface area (Å²) in [4.78, 5) is 26.7. The molecule has 4 rings (SSSR count). The Hall–Kier alpha value is -2.13. The summed E-state index contributed by atoms with van der Waals surface area (Å²) >= 11 is 0. The third-order valence-electron chi connectivity index (χ3n) is 6.56. The molecule has 0 aliphatic carbocycles. The van der Waals surface area contributed by atoms with Crippen LogP contribution in [0.5, 0.6) is 0 Å². The Kier molecular flexibility index (Phi) is 5.76. The molecule has 0 spiro atoms. The van der Waals surface area contributed by atoms with Crippen LogP contribution in [0, 0.1) is 12.8 Å².